The Hall–Kier alpha value is -2.13. The van der Waals surface area contributed by atoms with E-state index in [1.165, 1.54) is 19.5 Å². The van der Waals surface area contributed by atoms with Gasteiger partial charge in [-0.3, -0.25) is 4.98 Å². The minimum absolute atomic E-state index is 0.0756. The first kappa shape index (κ1) is 11.9. The number of hydrogen-bond acceptors (Lipinski definition) is 5. The maximum absolute atomic E-state index is 10.7. The van der Waals surface area contributed by atoms with Gasteiger partial charge in [-0.25, -0.2) is 4.79 Å². The van der Waals surface area contributed by atoms with E-state index >= 15 is 0 Å². The number of pyridine rings is 1. The Bertz CT molecular complexity index is 414. The van der Waals surface area contributed by atoms with Crippen molar-refractivity contribution in [3.05, 3.63) is 24.0 Å². The number of hydrogen-bond donors (Lipinski definition) is 2. The Kier molecular flexibility index (Phi) is 4.24. The lowest BCUT2D eigenvalue weighted by Gasteiger charge is -2.12. The van der Waals surface area contributed by atoms with E-state index in [9.17, 15) is 4.79 Å². The summed E-state index contributed by atoms with van der Waals surface area (Å²) in [7, 11) is 1.31. The summed E-state index contributed by atoms with van der Waals surface area (Å²) in [5.41, 5.74) is 0.906. The molecule has 0 aliphatic carbocycles. The number of ether oxygens (including phenoxy) is 1. The molecule has 0 aliphatic heterocycles. The number of nitrogens with zero attached hydrogens (tertiary/aromatic N) is 2. The van der Waals surface area contributed by atoms with E-state index in [0.29, 0.717) is 11.3 Å². The topological polar surface area (TPSA) is 95.2 Å². The van der Waals surface area contributed by atoms with Gasteiger partial charge < -0.3 is 15.2 Å². The number of nitriles is 1. The van der Waals surface area contributed by atoms with Gasteiger partial charge in [0.15, 0.2) is 6.10 Å². The third-order valence-electron chi connectivity index (χ3n) is 1.98. The van der Waals surface area contributed by atoms with Crippen LogP contribution in [0.3, 0.4) is 0 Å². The van der Waals surface area contributed by atoms with Crippen LogP contribution in [0.2, 0.25) is 0 Å². The molecule has 0 aliphatic rings. The zero-order valence-corrected chi connectivity index (χ0v) is 8.67. The molecule has 0 spiro atoms. The summed E-state index contributed by atoms with van der Waals surface area (Å²) in [4.78, 5) is 14.5. The number of methoxy groups -OCH3 is 1. The van der Waals surface area contributed by atoms with Crippen molar-refractivity contribution in [2.75, 3.05) is 19.0 Å². The fourth-order valence-electron chi connectivity index (χ4n) is 1.11. The van der Waals surface area contributed by atoms with Gasteiger partial charge in [-0.1, -0.05) is 0 Å². The maximum Gasteiger partial charge on any atom is 0.334 e. The number of anilines is 1. The number of carboxylic acid groups (broad SMARTS) is 1. The molecular weight excluding hydrogens is 210 g/mol. The van der Waals surface area contributed by atoms with Gasteiger partial charge in [-0.2, -0.15) is 5.26 Å². The highest BCUT2D eigenvalue weighted by atomic mass is 16.5. The van der Waals surface area contributed by atoms with Crippen molar-refractivity contribution in [1.29, 1.82) is 5.26 Å². The number of nitrogens with one attached hydrogen (secondary N) is 1. The van der Waals surface area contributed by atoms with Gasteiger partial charge in [0, 0.05) is 13.3 Å². The van der Waals surface area contributed by atoms with Crippen molar-refractivity contribution in [2.24, 2.45) is 0 Å². The van der Waals surface area contributed by atoms with Crippen molar-refractivity contribution in [2.45, 2.75) is 6.10 Å². The molecule has 84 valence electrons. The van der Waals surface area contributed by atoms with Crippen LogP contribution in [-0.4, -0.2) is 35.8 Å². The molecule has 1 heterocycles. The minimum atomic E-state index is -1.06. The van der Waals surface area contributed by atoms with E-state index in [1.807, 2.05) is 6.07 Å². The van der Waals surface area contributed by atoms with Crippen molar-refractivity contribution in [3.8, 4) is 6.07 Å². The van der Waals surface area contributed by atoms with Crippen LogP contribution in [0.15, 0.2) is 18.5 Å². The SMILES string of the molecule is COC(CNc1cnccc1C#N)C(=O)O. The van der Waals surface area contributed by atoms with Crippen molar-refractivity contribution >= 4 is 11.7 Å². The van der Waals surface area contributed by atoms with Crippen molar-refractivity contribution in [3.63, 3.8) is 0 Å². The highest BCUT2D eigenvalue weighted by Gasteiger charge is 2.16. The molecule has 1 aromatic heterocycles. The Morgan fingerprint density at radius 1 is 1.81 bits per heavy atom. The fourth-order valence-corrected chi connectivity index (χ4v) is 1.11. The van der Waals surface area contributed by atoms with Gasteiger partial charge in [-0.05, 0) is 6.07 Å². The molecule has 0 saturated heterocycles. The zero-order valence-electron chi connectivity index (χ0n) is 8.67. The average Bonchev–Trinajstić information content (AvgIpc) is 2.30. The normalized spacial score (nSPS) is 11.5. The molecule has 0 saturated carbocycles. The van der Waals surface area contributed by atoms with E-state index in [4.69, 9.17) is 15.1 Å². The van der Waals surface area contributed by atoms with E-state index in [1.54, 1.807) is 6.07 Å². The zero-order chi connectivity index (χ0) is 12.0. The van der Waals surface area contributed by atoms with Gasteiger partial charge in [0.2, 0.25) is 0 Å². The maximum atomic E-state index is 10.7. The molecule has 16 heavy (non-hydrogen) atoms. The van der Waals surface area contributed by atoms with E-state index in [2.05, 4.69) is 10.3 Å². The summed E-state index contributed by atoms with van der Waals surface area (Å²) >= 11 is 0. The second kappa shape index (κ2) is 5.68. The van der Waals surface area contributed by atoms with Crippen molar-refractivity contribution < 1.29 is 14.6 Å². The molecule has 1 rings (SSSR count). The second-order valence-corrected chi connectivity index (χ2v) is 2.98. The molecule has 1 unspecified atom stereocenters. The number of carbonyl (C=O) groups is 1. The number of aromatic nitrogens is 1. The monoisotopic (exact) mass is 221 g/mol. The largest absolute Gasteiger partial charge is 0.479 e. The standard InChI is InChI=1S/C10H11N3O3/c1-16-9(10(14)15)6-13-8-5-12-3-2-7(8)4-11/h2-3,5,9,13H,6H2,1H3,(H,14,15). The molecule has 1 atom stereocenters. The van der Waals surface area contributed by atoms with Gasteiger partial charge in [0.05, 0.1) is 24.0 Å². The molecular formula is C10H11N3O3. The van der Waals surface area contributed by atoms with Crippen molar-refractivity contribution in [1.82, 2.24) is 4.98 Å². The van der Waals surface area contributed by atoms with Crippen LogP contribution < -0.4 is 5.32 Å². The lowest BCUT2D eigenvalue weighted by molar-refractivity contribution is -0.147. The van der Waals surface area contributed by atoms with Crippen LogP contribution in [0, 0.1) is 11.3 Å². The summed E-state index contributed by atoms with van der Waals surface area (Å²) in [6.07, 6.45) is 2.01. The van der Waals surface area contributed by atoms with Gasteiger partial charge in [0.25, 0.3) is 0 Å². The van der Waals surface area contributed by atoms with Crippen LogP contribution in [0.4, 0.5) is 5.69 Å². The van der Waals surface area contributed by atoms with Crippen LogP contribution in [0.1, 0.15) is 5.56 Å². The number of carboxylic acids is 1. The molecule has 0 radical (unpaired) electrons. The smallest absolute Gasteiger partial charge is 0.334 e. The van der Waals surface area contributed by atoms with Gasteiger partial charge in [-0.15, -0.1) is 0 Å². The summed E-state index contributed by atoms with van der Waals surface area (Å²) in [6, 6.07) is 3.52. The summed E-state index contributed by atoms with van der Waals surface area (Å²) in [5.74, 6) is -1.06. The molecule has 6 nitrogen and oxygen atoms in total. The Morgan fingerprint density at radius 3 is 3.12 bits per heavy atom. The summed E-state index contributed by atoms with van der Waals surface area (Å²) < 4.78 is 4.74. The van der Waals surface area contributed by atoms with Crippen LogP contribution in [-0.2, 0) is 9.53 Å². The highest BCUT2D eigenvalue weighted by Crippen LogP contribution is 2.11. The van der Waals surface area contributed by atoms with Crippen LogP contribution in [0.25, 0.3) is 0 Å². The molecule has 0 fully saturated rings. The highest BCUT2D eigenvalue weighted by molar-refractivity contribution is 5.73. The van der Waals surface area contributed by atoms with E-state index < -0.39 is 12.1 Å². The second-order valence-electron chi connectivity index (χ2n) is 2.98. The minimum Gasteiger partial charge on any atom is -0.479 e. The lowest BCUT2D eigenvalue weighted by Crippen LogP contribution is -2.30. The first-order valence-electron chi connectivity index (χ1n) is 4.52. The lowest BCUT2D eigenvalue weighted by atomic mass is 10.2. The first-order chi connectivity index (χ1) is 7.69. The van der Waals surface area contributed by atoms with E-state index in [0.717, 1.165) is 0 Å². The van der Waals surface area contributed by atoms with Gasteiger partial charge in [0.1, 0.15) is 6.07 Å². The quantitative estimate of drug-likeness (QED) is 0.750. The Morgan fingerprint density at radius 2 is 2.56 bits per heavy atom. The number of rotatable bonds is 5. The van der Waals surface area contributed by atoms with Crippen LogP contribution >= 0.6 is 0 Å². The summed E-state index contributed by atoms with van der Waals surface area (Å²) in [6.45, 7) is 0.0756. The van der Waals surface area contributed by atoms with Gasteiger partial charge >= 0.3 is 5.97 Å². The third kappa shape index (κ3) is 2.93. The fraction of sp³-hybridized carbons (Fsp3) is 0.300. The Labute approximate surface area is 92.5 Å². The predicted molar refractivity (Wildman–Crippen MR) is 55.9 cm³/mol. The Balaban J connectivity index is 2.67. The molecule has 6 heteroatoms. The third-order valence-corrected chi connectivity index (χ3v) is 1.98. The molecule has 2 N–H and O–H groups in total. The first-order valence-corrected chi connectivity index (χ1v) is 4.52. The molecule has 1 aromatic rings. The summed E-state index contributed by atoms with van der Waals surface area (Å²) in [5, 5.41) is 20.3. The molecule has 0 bridgehead atoms. The average molecular weight is 221 g/mol. The van der Waals surface area contributed by atoms with E-state index in [-0.39, 0.29) is 6.54 Å². The number of aliphatic carboxylic acids is 1. The predicted octanol–water partition coefficient (Wildman–Crippen LogP) is 0.465. The molecule has 0 amide bonds. The van der Waals surface area contributed by atoms with Crippen LogP contribution in [0.5, 0.6) is 0 Å². The molecule has 0 aromatic carbocycles.